The van der Waals surface area contributed by atoms with Gasteiger partial charge in [0.1, 0.15) is 11.1 Å². The third-order valence-electron chi connectivity index (χ3n) is 6.96. The van der Waals surface area contributed by atoms with Crippen molar-refractivity contribution in [3.63, 3.8) is 0 Å². The number of carbonyl (C=O) groups is 2. The van der Waals surface area contributed by atoms with Crippen LogP contribution in [0.1, 0.15) is 29.2 Å². The van der Waals surface area contributed by atoms with Gasteiger partial charge in [-0.15, -0.1) is 0 Å². The molecule has 0 spiro atoms. The van der Waals surface area contributed by atoms with E-state index in [1.807, 2.05) is 24.3 Å². The maximum Gasteiger partial charge on any atom is 0.347 e. The van der Waals surface area contributed by atoms with E-state index in [0.717, 1.165) is 35.7 Å². The van der Waals surface area contributed by atoms with Gasteiger partial charge in [-0.1, -0.05) is 11.6 Å². The number of esters is 1. The van der Waals surface area contributed by atoms with Gasteiger partial charge < -0.3 is 50.4 Å². The highest BCUT2D eigenvalue weighted by atomic mass is 35.5. The van der Waals surface area contributed by atoms with Gasteiger partial charge in [0.25, 0.3) is 0 Å². The van der Waals surface area contributed by atoms with Crippen LogP contribution in [0.15, 0.2) is 35.4 Å². The monoisotopic (exact) mass is 599 g/mol. The number of likely N-dealkylation sites (N-methyl/N-ethyl adjacent to an activating group) is 1. The molecule has 1 heterocycles. The maximum absolute atomic E-state index is 12.0. The van der Waals surface area contributed by atoms with E-state index in [9.17, 15) is 9.59 Å². The summed E-state index contributed by atoms with van der Waals surface area (Å²) in [6.07, 6.45) is 2.09. The number of benzene rings is 2. The van der Waals surface area contributed by atoms with Gasteiger partial charge in [0.15, 0.2) is 23.0 Å². The van der Waals surface area contributed by atoms with E-state index in [1.54, 1.807) is 35.5 Å². The Kier molecular flexibility index (Phi) is 11.8. The highest BCUT2D eigenvalue weighted by Crippen LogP contribution is 2.48. The Balaban J connectivity index is 0.00000560. The van der Waals surface area contributed by atoms with Crippen molar-refractivity contribution in [2.45, 2.75) is 18.9 Å². The number of nitrogens with zero attached hydrogens (tertiary/aromatic N) is 1. The van der Waals surface area contributed by atoms with Crippen molar-refractivity contribution in [1.29, 1.82) is 0 Å². The lowest BCUT2D eigenvalue weighted by Gasteiger charge is -2.46. The first-order valence-corrected chi connectivity index (χ1v) is 12.7. The van der Waals surface area contributed by atoms with Crippen LogP contribution in [0.5, 0.6) is 28.7 Å². The molecule has 40 heavy (non-hydrogen) atoms. The average molecular weight is 600 g/mol. The van der Waals surface area contributed by atoms with Crippen LogP contribution in [-0.2, 0) is 20.7 Å². The van der Waals surface area contributed by atoms with Gasteiger partial charge in [0.05, 0.1) is 62.3 Å². The molecule has 10 nitrogen and oxygen atoms in total. The summed E-state index contributed by atoms with van der Waals surface area (Å²) in [5.41, 5.74) is 3.17. The molecule has 0 aliphatic carbocycles. The van der Waals surface area contributed by atoms with Crippen LogP contribution in [0.25, 0.3) is 0 Å². The van der Waals surface area contributed by atoms with E-state index >= 15 is 0 Å². The number of hydrogen-bond acceptors (Lipinski definition) is 8. The lowest BCUT2D eigenvalue weighted by molar-refractivity contribution is -0.935. The van der Waals surface area contributed by atoms with Crippen molar-refractivity contribution in [3.05, 3.63) is 52.1 Å². The van der Waals surface area contributed by atoms with Gasteiger partial charge in [0, 0.05) is 30.0 Å². The second kappa shape index (κ2) is 14.3. The molecule has 0 saturated carbocycles. The normalized spacial score (nSPS) is 18.1. The number of carboxylic acids is 1. The minimum atomic E-state index is -1.39. The number of fused-ring (bicyclic) bond motifs is 1. The first-order chi connectivity index (χ1) is 18.6. The zero-order valence-corrected chi connectivity index (χ0v) is 24.9. The molecule has 1 unspecified atom stereocenters. The number of rotatable bonds is 12. The third-order valence-corrected chi connectivity index (χ3v) is 7.24. The van der Waals surface area contributed by atoms with Crippen molar-refractivity contribution in [1.82, 2.24) is 0 Å². The molecule has 1 aliphatic rings. The van der Waals surface area contributed by atoms with Gasteiger partial charge >= 0.3 is 11.9 Å². The SMILES string of the molecule is COc1cc2c(cc1OC)[C@H](c1cc(OC)c(OC)c(OC)c1)[N+](C)(CCCOC(=O)C=C(Cl)C(=O)O)CC2.[Cl-]. The largest absolute Gasteiger partial charge is 1.00 e. The molecule has 0 radical (unpaired) electrons. The van der Waals surface area contributed by atoms with E-state index in [2.05, 4.69) is 7.05 Å². The summed E-state index contributed by atoms with van der Waals surface area (Å²) >= 11 is 5.53. The summed E-state index contributed by atoms with van der Waals surface area (Å²) in [7, 11) is 10.1. The van der Waals surface area contributed by atoms with Crippen LogP contribution in [0, 0.1) is 0 Å². The van der Waals surface area contributed by atoms with E-state index in [1.165, 1.54) is 0 Å². The van der Waals surface area contributed by atoms with Crippen molar-refractivity contribution in [2.24, 2.45) is 0 Å². The Morgan fingerprint density at radius 1 is 0.950 bits per heavy atom. The molecule has 2 aromatic rings. The number of aliphatic carboxylic acids is 1. The zero-order valence-electron chi connectivity index (χ0n) is 23.4. The fourth-order valence-corrected chi connectivity index (χ4v) is 5.18. The molecule has 12 heteroatoms. The molecule has 0 saturated heterocycles. The third kappa shape index (κ3) is 7.04. The number of methoxy groups -OCH3 is 5. The van der Waals surface area contributed by atoms with Crippen LogP contribution in [0.4, 0.5) is 0 Å². The summed E-state index contributed by atoms with van der Waals surface area (Å²) in [5.74, 6) is 0.686. The quantitative estimate of drug-likeness (QED) is 0.165. The smallest absolute Gasteiger partial charge is 0.347 e. The summed E-state index contributed by atoms with van der Waals surface area (Å²) in [5, 5.41) is 8.25. The first kappa shape index (κ1) is 32.9. The molecule has 0 amide bonds. The van der Waals surface area contributed by atoms with Gasteiger partial charge in [-0.25, -0.2) is 9.59 Å². The highest BCUT2D eigenvalue weighted by Gasteiger charge is 2.41. The fraction of sp³-hybridized carbons (Fsp3) is 0.429. The molecule has 0 fully saturated rings. The van der Waals surface area contributed by atoms with Crippen molar-refractivity contribution in [2.75, 3.05) is 62.3 Å². The number of hydrogen-bond donors (Lipinski definition) is 1. The van der Waals surface area contributed by atoms with Crippen LogP contribution in [0.3, 0.4) is 0 Å². The highest BCUT2D eigenvalue weighted by molar-refractivity contribution is 6.42. The van der Waals surface area contributed by atoms with Crippen molar-refractivity contribution in [3.8, 4) is 28.7 Å². The lowest BCUT2D eigenvalue weighted by atomic mass is 9.85. The molecular formula is C28H35Cl2NO9. The molecule has 1 N–H and O–H groups in total. The zero-order chi connectivity index (χ0) is 28.7. The minimum Gasteiger partial charge on any atom is -1.00 e. The fourth-order valence-electron chi connectivity index (χ4n) is 5.09. The maximum atomic E-state index is 12.0. The molecular weight excluding hydrogens is 565 g/mol. The molecule has 0 aromatic heterocycles. The van der Waals surface area contributed by atoms with E-state index < -0.39 is 17.0 Å². The predicted molar refractivity (Wildman–Crippen MR) is 144 cm³/mol. The summed E-state index contributed by atoms with van der Waals surface area (Å²) < 4.78 is 33.8. The lowest BCUT2D eigenvalue weighted by Crippen LogP contribution is -3.00. The summed E-state index contributed by atoms with van der Waals surface area (Å²) in [6.45, 7) is 1.55. The molecule has 1 aliphatic heterocycles. The Morgan fingerprint density at radius 2 is 1.52 bits per heavy atom. The summed E-state index contributed by atoms with van der Waals surface area (Å²) in [4.78, 5) is 22.8. The number of carbonyl (C=O) groups excluding carboxylic acids is 1. The Labute approximate surface area is 245 Å². The number of ether oxygens (including phenoxy) is 6. The van der Waals surface area contributed by atoms with Crippen LogP contribution in [-0.4, -0.2) is 83.8 Å². The van der Waals surface area contributed by atoms with Crippen molar-refractivity contribution >= 4 is 23.5 Å². The van der Waals surface area contributed by atoms with Gasteiger partial charge in [-0.05, 0) is 29.8 Å². The Bertz CT molecular complexity index is 1230. The van der Waals surface area contributed by atoms with Gasteiger partial charge in [-0.3, -0.25) is 0 Å². The van der Waals surface area contributed by atoms with Crippen LogP contribution >= 0.6 is 11.6 Å². The molecule has 0 bridgehead atoms. The minimum absolute atomic E-state index is 0. The standard InChI is InChI=1S/C28H34ClNO9.ClH/c1-30(9-7-11-39-25(31)16-20(29)28(32)33)10-8-17-12-21(34-2)22(35-3)15-19(17)26(30)18-13-23(36-4)27(38-6)24(14-18)37-5;/h12-16,26H,7-11H2,1-6H3;1H/t26-,30?;/m0./s1. The van der Waals surface area contributed by atoms with Crippen LogP contribution < -0.4 is 36.1 Å². The molecule has 2 aromatic carbocycles. The van der Waals surface area contributed by atoms with E-state index in [0.29, 0.717) is 46.2 Å². The second-order valence-corrected chi connectivity index (χ2v) is 9.67. The Hall–Kier alpha value is -3.34. The van der Waals surface area contributed by atoms with E-state index in [4.69, 9.17) is 45.1 Å². The number of carboxylic acid groups (broad SMARTS) is 1. The number of quaternary nitrogens is 1. The second-order valence-electron chi connectivity index (χ2n) is 9.26. The first-order valence-electron chi connectivity index (χ1n) is 12.3. The summed E-state index contributed by atoms with van der Waals surface area (Å²) in [6, 6.07) is 7.78. The van der Waals surface area contributed by atoms with Gasteiger partial charge in [-0.2, -0.15) is 0 Å². The van der Waals surface area contributed by atoms with Crippen molar-refractivity contribution < 1.29 is 60.0 Å². The molecule has 2 atom stereocenters. The predicted octanol–water partition coefficient (Wildman–Crippen LogP) is 0.966. The van der Waals surface area contributed by atoms with E-state index in [-0.39, 0.29) is 25.1 Å². The van der Waals surface area contributed by atoms with Gasteiger partial charge in [0.2, 0.25) is 5.75 Å². The Morgan fingerprint density at radius 3 is 2.05 bits per heavy atom. The van der Waals surface area contributed by atoms with Crippen LogP contribution in [0.2, 0.25) is 0 Å². The molecule has 3 rings (SSSR count). The molecule has 220 valence electrons. The average Bonchev–Trinajstić information content (AvgIpc) is 2.93. The number of halogens is 2. The topological polar surface area (TPSA) is 110 Å².